The van der Waals surface area contributed by atoms with Crippen LogP contribution in [-0.2, 0) is 0 Å². The van der Waals surface area contributed by atoms with Crippen LogP contribution in [0.15, 0.2) is 67.1 Å². The molecule has 5 aromatic rings. The second-order valence-corrected chi connectivity index (χ2v) is 9.31. The van der Waals surface area contributed by atoms with Crippen molar-refractivity contribution >= 4 is 45.1 Å². The maximum atomic E-state index is 9.93. The number of benzene rings is 2. The largest absolute Gasteiger partial charge is 0.494 e. The van der Waals surface area contributed by atoms with Gasteiger partial charge >= 0.3 is 0 Å². The van der Waals surface area contributed by atoms with E-state index in [1.165, 1.54) is 0 Å². The smallest absolute Gasteiger partial charge is 0.196 e. The number of nitrogens with zero attached hydrogens (tertiary/aromatic N) is 4. The molecular formula is C27H27ClN6O. The maximum Gasteiger partial charge on any atom is 0.196 e. The van der Waals surface area contributed by atoms with E-state index in [-0.39, 0.29) is 5.88 Å². The average molecular weight is 487 g/mol. The average Bonchev–Trinajstić information content (AvgIpc) is 3.52. The van der Waals surface area contributed by atoms with E-state index in [1.54, 1.807) is 6.20 Å². The zero-order chi connectivity index (χ0) is 23.9. The normalized spacial score (nSPS) is 14.7. The number of imidazole rings is 1. The first-order chi connectivity index (χ1) is 17.1. The summed E-state index contributed by atoms with van der Waals surface area (Å²) in [6, 6.07) is 16.3. The number of rotatable bonds is 5. The highest BCUT2D eigenvalue weighted by molar-refractivity contribution is 6.33. The Morgan fingerprint density at radius 3 is 2.71 bits per heavy atom. The second-order valence-electron chi connectivity index (χ2n) is 8.90. The summed E-state index contributed by atoms with van der Waals surface area (Å²) >= 11 is 6.71. The van der Waals surface area contributed by atoms with Crippen LogP contribution >= 0.6 is 11.6 Å². The second kappa shape index (κ2) is 8.83. The zero-order valence-electron chi connectivity index (χ0n) is 19.5. The molecule has 0 bridgehead atoms. The molecule has 8 heteroatoms. The third kappa shape index (κ3) is 3.96. The number of anilines is 3. The summed E-state index contributed by atoms with van der Waals surface area (Å²) in [5.41, 5.74) is 5.80. The van der Waals surface area contributed by atoms with Crippen LogP contribution in [0.3, 0.4) is 0 Å². The number of piperazine rings is 1. The summed E-state index contributed by atoms with van der Waals surface area (Å²) in [7, 11) is 0. The summed E-state index contributed by atoms with van der Waals surface area (Å²) in [5.74, 6) is 0.187. The van der Waals surface area contributed by atoms with Gasteiger partial charge in [0.15, 0.2) is 11.5 Å². The lowest BCUT2D eigenvalue weighted by molar-refractivity contribution is 0.271. The molecule has 1 saturated heterocycles. The van der Waals surface area contributed by atoms with E-state index in [9.17, 15) is 5.11 Å². The lowest BCUT2D eigenvalue weighted by atomic mass is 10.1. The molecule has 35 heavy (non-hydrogen) atoms. The van der Waals surface area contributed by atoms with E-state index in [1.807, 2.05) is 36.7 Å². The quantitative estimate of drug-likeness (QED) is 0.296. The van der Waals surface area contributed by atoms with Crippen molar-refractivity contribution in [1.29, 1.82) is 0 Å². The van der Waals surface area contributed by atoms with Gasteiger partial charge in [-0.3, -0.25) is 4.40 Å². The van der Waals surface area contributed by atoms with Gasteiger partial charge < -0.3 is 25.2 Å². The molecule has 3 aromatic heterocycles. The lowest BCUT2D eigenvalue weighted by Crippen LogP contribution is -2.46. The number of fused-ring (bicyclic) bond motifs is 2. The van der Waals surface area contributed by atoms with Gasteiger partial charge in [0.1, 0.15) is 0 Å². The van der Waals surface area contributed by atoms with E-state index in [4.69, 9.17) is 11.6 Å². The number of hydrogen-bond acceptors (Lipinski definition) is 5. The van der Waals surface area contributed by atoms with Gasteiger partial charge in [0.05, 0.1) is 22.1 Å². The number of aromatic amines is 1. The Labute approximate surface area is 208 Å². The molecule has 0 atom stereocenters. The third-order valence-corrected chi connectivity index (χ3v) is 7.21. The van der Waals surface area contributed by atoms with Crippen LogP contribution in [0.1, 0.15) is 6.92 Å². The van der Waals surface area contributed by atoms with E-state index in [2.05, 4.69) is 60.7 Å². The highest BCUT2D eigenvalue weighted by Crippen LogP contribution is 2.34. The van der Waals surface area contributed by atoms with Gasteiger partial charge in [-0.2, -0.15) is 0 Å². The lowest BCUT2D eigenvalue weighted by Gasteiger charge is -2.36. The number of nitrogens with one attached hydrogen (secondary N) is 2. The Kier molecular flexibility index (Phi) is 5.51. The van der Waals surface area contributed by atoms with Crippen LogP contribution in [0.5, 0.6) is 5.88 Å². The molecule has 6 rings (SSSR count). The molecule has 0 spiro atoms. The van der Waals surface area contributed by atoms with Crippen LogP contribution in [0.2, 0.25) is 5.02 Å². The van der Waals surface area contributed by atoms with Gasteiger partial charge in [0.25, 0.3) is 0 Å². The molecule has 0 aliphatic carbocycles. The van der Waals surface area contributed by atoms with Gasteiger partial charge in [-0.15, -0.1) is 0 Å². The molecule has 1 aliphatic rings. The SMILES string of the molecule is CCN1CCN(c2ccc(Nc3ccc(-c4ccc5c(O)[nH]cc5c4)n4ccnc34)cc2Cl)CC1. The minimum atomic E-state index is 0.187. The van der Waals surface area contributed by atoms with Gasteiger partial charge in [0.2, 0.25) is 0 Å². The number of H-pyrrole nitrogens is 1. The minimum absolute atomic E-state index is 0.187. The van der Waals surface area contributed by atoms with E-state index < -0.39 is 0 Å². The molecule has 3 N–H and O–H groups in total. The summed E-state index contributed by atoms with van der Waals surface area (Å²) < 4.78 is 2.07. The first-order valence-electron chi connectivity index (χ1n) is 11.9. The Hall–Kier alpha value is -3.68. The Bertz CT molecular complexity index is 1520. The molecule has 178 valence electrons. The molecular weight excluding hydrogens is 460 g/mol. The summed E-state index contributed by atoms with van der Waals surface area (Å²) in [4.78, 5) is 12.3. The third-order valence-electron chi connectivity index (χ3n) is 6.90. The van der Waals surface area contributed by atoms with Crippen LogP contribution in [-0.4, -0.2) is 57.1 Å². The standard InChI is InChI=1S/C27H27ClN6O/c1-2-32-11-13-33(14-12-32)25-7-4-20(16-22(25)28)31-23-6-8-24(34-10-9-29-26(23)34)18-3-5-21-19(15-18)17-30-27(21)35/h3-10,15-17,30-31,35H,2,11-14H2,1H3. The highest BCUT2D eigenvalue weighted by Gasteiger charge is 2.18. The van der Waals surface area contributed by atoms with Crippen LogP contribution in [0.25, 0.3) is 27.7 Å². The van der Waals surface area contributed by atoms with Crippen molar-refractivity contribution in [2.45, 2.75) is 6.92 Å². The van der Waals surface area contributed by atoms with E-state index in [0.29, 0.717) is 0 Å². The predicted molar refractivity (Wildman–Crippen MR) is 143 cm³/mol. The number of pyridine rings is 1. The van der Waals surface area contributed by atoms with E-state index >= 15 is 0 Å². The fraction of sp³-hybridized carbons (Fsp3) is 0.222. The van der Waals surface area contributed by atoms with Crippen molar-refractivity contribution in [2.24, 2.45) is 0 Å². The molecule has 7 nitrogen and oxygen atoms in total. The Morgan fingerprint density at radius 2 is 1.91 bits per heavy atom. The topological polar surface area (TPSA) is 71.8 Å². The van der Waals surface area contributed by atoms with Crippen molar-refractivity contribution < 1.29 is 5.11 Å². The van der Waals surface area contributed by atoms with Crippen molar-refractivity contribution in [1.82, 2.24) is 19.3 Å². The predicted octanol–water partition coefficient (Wildman–Crippen LogP) is 5.73. The number of aromatic nitrogens is 3. The Morgan fingerprint density at radius 1 is 1.06 bits per heavy atom. The van der Waals surface area contributed by atoms with Crippen LogP contribution < -0.4 is 10.2 Å². The maximum absolute atomic E-state index is 9.93. The summed E-state index contributed by atoms with van der Waals surface area (Å²) in [6.45, 7) is 7.41. The van der Waals surface area contributed by atoms with Gasteiger partial charge in [0, 0.05) is 61.2 Å². The Balaban J connectivity index is 1.27. The molecule has 4 heterocycles. The number of halogens is 1. The minimum Gasteiger partial charge on any atom is -0.494 e. The van der Waals surface area contributed by atoms with Crippen LogP contribution in [0.4, 0.5) is 17.1 Å². The number of aromatic hydroxyl groups is 1. The number of likely N-dealkylation sites (N-methyl/N-ethyl adjacent to an activating group) is 1. The van der Waals surface area contributed by atoms with Crippen LogP contribution in [0, 0.1) is 0 Å². The molecule has 1 fully saturated rings. The van der Waals surface area contributed by atoms with Gasteiger partial charge in [-0.1, -0.05) is 24.6 Å². The zero-order valence-corrected chi connectivity index (χ0v) is 20.3. The first kappa shape index (κ1) is 21.8. The van der Waals surface area contributed by atoms with Crippen molar-refractivity contribution in [3.05, 3.63) is 72.1 Å². The van der Waals surface area contributed by atoms with Gasteiger partial charge in [-0.25, -0.2) is 4.98 Å². The number of hydrogen-bond donors (Lipinski definition) is 3. The fourth-order valence-corrected chi connectivity index (χ4v) is 5.23. The molecule has 1 aliphatic heterocycles. The van der Waals surface area contributed by atoms with Crippen molar-refractivity contribution in [3.8, 4) is 17.1 Å². The van der Waals surface area contributed by atoms with E-state index in [0.717, 1.165) is 82.5 Å². The van der Waals surface area contributed by atoms with Crippen molar-refractivity contribution in [2.75, 3.05) is 42.9 Å². The molecule has 0 amide bonds. The molecule has 0 saturated carbocycles. The fourth-order valence-electron chi connectivity index (χ4n) is 4.93. The molecule has 2 aromatic carbocycles. The monoisotopic (exact) mass is 486 g/mol. The summed E-state index contributed by atoms with van der Waals surface area (Å²) in [6.07, 6.45) is 5.57. The molecule has 0 radical (unpaired) electrons. The first-order valence-corrected chi connectivity index (χ1v) is 12.3. The van der Waals surface area contributed by atoms with Gasteiger partial charge in [-0.05, 0) is 54.6 Å². The molecule has 0 unspecified atom stereocenters. The summed E-state index contributed by atoms with van der Waals surface area (Å²) in [5, 5.41) is 15.9. The highest BCUT2D eigenvalue weighted by atomic mass is 35.5. The van der Waals surface area contributed by atoms with Crippen molar-refractivity contribution in [3.63, 3.8) is 0 Å².